The topological polar surface area (TPSA) is 26.0 Å². The summed E-state index contributed by atoms with van der Waals surface area (Å²) in [4.78, 5) is 4.26. The van der Waals surface area contributed by atoms with Gasteiger partial charge in [0.25, 0.3) is 0 Å². The zero-order valence-corrected chi connectivity index (χ0v) is 7.25. The molecule has 1 aromatic heterocycles. The summed E-state index contributed by atoms with van der Waals surface area (Å²) in [6.45, 7) is 3.73. The summed E-state index contributed by atoms with van der Waals surface area (Å²) in [6, 6.07) is 0. The van der Waals surface area contributed by atoms with Crippen LogP contribution in [0, 0.1) is 6.92 Å². The Morgan fingerprint density at radius 2 is 2.08 bits per heavy atom. The van der Waals surface area contributed by atoms with E-state index in [-0.39, 0.29) is 0 Å². The highest BCUT2D eigenvalue weighted by Crippen LogP contribution is 2.31. The van der Waals surface area contributed by atoms with Crippen LogP contribution < -0.4 is 0 Å². The molecule has 1 aliphatic rings. The summed E-state index contributed by atoms with van der Waals surface area (Å²) < 4.78 is 5.33. The Hall–Kier alpha value is -0.790. The highest BCUT2D eigenvalue weighted by atomic mass is 16.3. The molecule has 1 fully saturated rings. The molecule has 1 aliphatic carbocycles. The van der Waals surface area contributed by atoms with Gasteiger partial charge in [0.05, 0.1) is 5.69 Å². The minimum Gasteiger partial charge on any atom is -0.448 e. The summed E-state index contributed by atoms with van der Waals surface area (Å²) in [5.74, 6) is 1.47. The van der Waals surface area contributed by atoms with E-state index in [0.29, 0.717) is 5.92 Å². The highest BCUT2D eigenvalue weighted by Gasteiger charge is 2.19. The first-order valence-electron chi connectivity index (χ1n) is 4.63. The van der Waals surface area contributed by atoms with E-state index in [1.807, 2.05) is 0 Å². The van der Waals surface area contributed by atoms with Gasteiger partial charge in [-0.15, -0.1) is 0 Å². The molecule has 2 rings (SSSR count). The lowest BCUT2D eigenvalue weighted by Gasteiger charge is -2.17. The third-order valence-electron chi connectivity index (χ3n) is 2.52. The van der Waals surface area contributed by atoms with Crippen LogP contribution in [0.3, 0.4) is 0 Å². The molecular weight excluding hydrogens is 150 g/mol. The molecule has 0 atom stereocenters. The molecule has 1 radical (unpaired) electrons. The number of aromatic nitrogens is 1. The average Bonchev–Trinajstić information content (AvgIpc) is 2.54. The van der Waals surface area contributed by atoms with Gasteiger partial charge >= 0.3 is 0 Å². The molecule has 1 aromatic rings. The van der Waals surface area contributed by atoms with Gasteiger partial charge in [0.15, 0.2) is 5.89 Å². The van der Waals surface area contributed by atoms with Crippen molar-refractivity contribution in [3.63, 3.8) is 0 Å². The molecule has 0 saturated heterocycles. The van der Waals surface area contributed by atoms with E-state index < -0.39 is 0 Å². The van der Waals surface area contributed by atoms with Crippen LogP contribution in [0.5, 0.6) is 0 Å². The number of oxazole rings is 1. The predicted molar refractivity (Wildman–Crippen MR) is 46.8 cm³/mol. The molecule has 2 heteroatoms. The van der Waals surface area contributed by atoms with E-state index in [2.05, 4.69) is 11.9 Å². The third kappa shape index (κ3) is 1.52. The van der Waals surface area contributed by atoms with Gasteiger partial charge < -0.3 is 4.42 Å². The van der Waals surface area contributed by atoms with Gasteiger partial charge in [0.1, 0.15) is 6.26 Å². The first-order valence-corrected chi connectivity index (χ1v) is 4.63. The second-order valence-electron chi connectivity index (χ2n) is 3.51. The quantitative estimate of drug-likeness (QED) is 0.637. The normalized spacial score (nSPS) is 19.8. The lowest BCUT2D eigenvalue weighted by Crippen LogP contribution is -2.04. The van der Waals surface area contributed by atoms with Gasteiger partial charge in [0, 0.05) is 5.92 Å². The molecule has 0 bridgehead atoms. The van der Waals surface area contributed by atoms with E-state index in [1.54, 1.807) is 6.26 Å². The second kappa shape index (κ2) is 3.30. The van der Waals surface area contributed by atoms with E-state index in [4.69, 9.17) is 4.42 Å². The van der Waals surface area contributed by atoms with Crippen molar-refractivity contribution < 1.29 is 4.42 Å². The Labute approximate surface area is 73.0 Å². The smallest absolute Gasteiger partial charge is 0.197 e. The van der Waals surface area contributed by atoms with E-state index in [9.17, 15) is 0 Å². The molecule has 0 aromatic carbocycles. The van der Waals surface area contributed by atoms with Crippen molar-refractivity contribution in [2.45, 2.75) is 38.0 Å². The molecule has 12 heavy (non-hydrogen) atoms. The van der Waals surface area contributed by atoms with Gasteiger partial charge in [-0.25, -0.2) is 4.98 Å². The van der Waals surface area contributed by atoms with Gasteiger partial charge in [0.2, 0.25) is 0 Å². The largest absolute Gasteiger partial charge is 0.448 e. The Morgan fingerprint density at radius 1 is 1.33 bits per heavy atom. The van der Waals surface area contributed by atoms with Crippen LogP contribution in [0.4, 0.5) is 0 Å². The van der Waals surface area contributed by atoms with Crippen LogP contribution in [0.25, 0.3) is 0 Å². The highest BCUT2D eigenvalue weighted by molar-refractivity contribution is 5.03. The van der Waals surface area contributed by atoms with Gasteiger partial charge in [-0.3, -0.25) is 0 Å². The number of hydrogen-bond donors (Lipinski definition) is 0. The summed E-state index contributed by atoms with van der Waals surface area (Å²) in [6.07, 6.45) is 8.12. The zero-order chi connectivity index (χ0) is 8.39. The number of rotatable bonds is 1. The molecular formula is C10H14NO. The summed E-state index contributed by atoms with van der Waals surface area (Å²) >= 11 is 0. The molecule has 0 spiro atoms. The zero-order valence-electron chi connectivity index (χ0n) is 7.25. The van der Waals surface area contributed by atoms with Crippen molar-refractivity contribution in [3.05, 3.63) is 24.8 Å². The fourth-order valence-corrected chi connectivity index (χ4v) is 1.86. The SMILES string of the molecule is [CH2]c1coc(C2CCCCC2)n1. The molecule has 0 aliphatic heterocycles. The van der Waals surface area contributed by atoms with Gasteiger partial charge in [-0.2, -0.15) is 0 Å². The van der Waals surface area contributed by atoms with E-state index >= 15 is 0 Å². The lowest BCUT2D eigenvalue weighted by atomic mass is 9.89. The Kier molecular flexibility index (Phi) is 2.15. The van der Waals surface area contributed by atoms with Crippen LogP contribution in [-0.2, 0) is 0 Å². The van der Waals surface area contributed by atoms with Crippen molar-refractivity contribution in [2.75, 3.05) is 0 Å². The molecule has 65 valence electrons. The summed E-state index contributed by atoms with van der Waals surface area (Å²) in [5, 5.41) is 0. The fraction of sp³-hybridized carbons (Fsp3) is 0.600. The van der Waals surface area contributed by atoms with Crippen LogP contribution in [0.1, 0.15) is 49.6 Å². The average molecular weight is 164 g/mol. The van der Waals surface area contributed by atoms with E-state index in [0.717, 1.165) is 11.6 Å². The van der Waals surface area contributed by atoms with Crippen molar-refractivity contribution in [1.82, 2.24) is 4.98 Å². The maximum absolute atomic E-state index is 5.33. The fourth-order valence-electron chi connectivity index (χ4n) is 1.86. The molecule has 0 N–H and O–H groups in total. The Morgan fingerprint density at radius 3 is 2.67 bits per heavy atom. The van der Waals surface area contributed by atoms with Crippen LogP contribution in [-0.4, -0.2) is 4.98 Å². The minimum absolute atomic E-state index is 0.564. The minimum atomic E-state index is 0.564. The van der Waals surface area contributed by atoms with Crippen molar-refractivity contribution in [2.24, 2.45) is 0 Å². The first kappa shape index (κ1) is 7.84. The molecule has 0 amide bonds. The molecule has 2 nitrogen and oxygen atoms in total. The van der Waals surface area contributed by atoms with Crippen molar-refractivity contribution in [3.8, 4) is 0 Å². The third-order valence-corrected chi connectivity index (χ3v) is 2.52. The van der Waals surface area contributed by atoms with Gasteiger partial charge in [-0.1, -0.05) is 19.3 Å². The maximum atomic E-state index is 5.33. The Balaban J connectivity index is 2.08. The second-order valence-corrected chi connectivity index (χ2v) is 3.51. The summed E-state index contributed by atoms with van der Waals surface area (Å²) in [7, 11) is 0. The van der Waals surface area contributed by atoms with Crippen LogP contribution in [0.2, 0.25) is 0 Å². The maximum Gasteiger partial charge on any atom is 0.197 e. The molecule has 0 unspecified atom stereocenters. The summed E-state index contributed by atoms with van der Waals surface area (Å²) in [5.41, 5.74) is 0.760. The van der Waals surface area contributed by atoms with E-state index in [1.165, 1.54) is 32.1 Å². The first-order chi connectivity index (χ1) is 5.86. The lowest BCUT2D eigenvalue weighted by molar-refractivity contribution is 0.363. The standard InChI is InChI=1S/C10H14NO/c1-8-7-12-10(11-8)9-5-3-2-4-6-9/h7,9H,1-6H2. The monoisotopic (exact) mass is 164 g/mol. The van der Waals surface area contributed by atoms with Crippen LogP contribution in [0.15, 0.2) is 10.7 Å². The number of nitrogens with zero attached hydrogens (tertiary/aromatic N) is 1. The van der Waals surface area contributed by atoms with Gasteiger partial charge in [-0.05, 0) is 19.8 Å². The molecule has 1 saturated carbocycles. The Bertz CT molecular complexity index is 248. The van der Waals surface area contributed by atoms with Crippen molar-refractivity contribution in [1.29, 1.82) is 0 Å². The predicted octanol–water partition coefficient (Wildman–Crippen LogP) is 2.90. The van der Waals surface area contributed by atoms with Crippen LogP contribution >= 0.6 is 0 Å². The molecule has 1 heterocycles. The van der Waals surface area contributed by atoms with Crippen molar-refractivity contribution >= 4 is 0 Å². The number of hydrogen-bond acceptors (Lipinski definition) is 2.